The molecule has 5 nitrogen and oxygen atoms in total. The normalized spacial score (nSPS) is 11.4. The lowest BCUT2D eigenvalue weighted by molar-refractivity contribution is -0.116. The summed E-state index contributed by atoms with van der Waals surface area (Å²) in [6, 6.07) is 8.82. The smallest absolute Gasteiger partial charge is 0.224 e. The third-order valence-corrected chi connectivity index (χ3v) is 2.71. The van der Waals surface area contributed by atoms with E-state index in [1.807, 2.05) is 13.0 Å². The molecular formula is C14H19N3O2. The van der Waals surface area contributed by atoms with Crippen molar-refractivity contribution in [1.29, 1.82) is 5.26 Å². The van der Waals surface area contributed by atoms with Crippen LogP contribution in [0, 0.1) is 17.2 Å². The highest BCUT2D eigenvalue weighted by molar-refractivity contribution is 5.90. The lowest BCUT2D eigenvalue weighted by atomic mass is 10.1. The van der Waals surface area contributed by atoms with E-state index in [0.29, 0.717) is 24.6 Å². The highest BCUT2D eigenvalue weighted by Gasteiger charge is 2.06. The number of nitrogens with zero attached hydrogens (tertiary/aromatic N) is 1. The molecule has 0 saturated carbocycles. The minimum absolute atomic E-state index is 0.0166. The van der Waals surface area contributed by atoms with Gasteiger partial charge in [-0.2, -0.15) is 5.26 Å². The van der Waals surface area contributed by atoms with Gasteiger partial charge in [-0.3, -0.25) is 4.79 Å². The van der Waals surface area contributed by atoms with Gasteiger partial charge in [0.1, 0.15) is 11.8 Å². The fourth-order valence-corrected chi connectivity index (χ4v) is 1.47. The summed E-state index contributed by atoms with van der Waals surface area (Å²) in [5, 5.41) is 11.2. The third-order valence-electron chi connectivity index (χ3n) is 2.71. The first-order valence-electron chi connectivity index (χ1n) is 6.25. The second kappa shape index (κ2) is 8.11. The summed E-state index contributed by atoms with van der Waals surface area (Å²) in [7, 11) is 0. The van der Waals surface area contributed by atoms with Gasteiger partial charge in [0.15, 0.2) is 6.61 Å². The zero-order valence-corrected chi connectivity index (χ0v) is 11.1. The van der Waals surface area contributed by atoms with Gasteiger partial charge in [-0.25, -0.2) is 0 Å². The minimum atomic E-state index is -0.0222. The number of anilines is 1. The molecule has 0 bridgehead atoms. The van der Waals surface area contributed by atoms with E-state index >= 15 is 0 Å². The van der Waals surface area contributed by atoms with Crippen molar-refractivity contribution < 1.29 is 9.53 Å². The van der Waals surface area contributed by atoms with Crippen LogP contribution in [0.1, 0.15) is 19.8 Å². The Hall–Kier alpha value is -2.06. The number of rotatable bonds is 7. The summed E-state index contributed by atoms with van der Waals surface area (Å²) >= 11 is 0. The Kier molecular flexibility index (Phi) is 6.41. The minimum Gasteiger partial charge on any atom is -0.479 e. The van der Waals surface area contributed by atoms with Crippen molar-refractivity contribution >= 4 is 11.6 Å². The van der Waals surface area contributed by atoms with Crippen LogP contribution in [0.5, 0.6) is 5.75 Å². The molecule has 0 fully saturated rings. The molecule has 1 atom stereocenters. The van der Waals surface area contributed by atoms with Gasteiger partial charge in [0.05, 0.1) is 0 Å². The third kappa shape index (κ3) is 5.89. The van der Waals surface area contributed by atoms with E-state index in [9.17, 15) is 4.79 Å². The van der Waals surface area contributed by atoms with Crippen LogP contribution in [-0.2, 0) is 4.79 Å². The number of benzene rings is 1. The molecular weight excluding hydrogens is 242 g/mol. The van der Waals surface area contributed by atoms with Crippen molar-refractivity contribution in [1.82, 2.24) is 0 Å². The standard InChI is InChI=1S/C14H19N3O2/c1-11(10-16)2-7-14(18)17-12-3-5-13(6-4-12)19-9-8-15/h3-6,11H,2,7,9-10,16H2,1H3,(H,17,18). The second-order valence-corrected chi connectivity index (χ2v) is 4.40. The summed E-state index contributed by atoms with van der Waals surface area (Å²) in [6.07, 6.45) is 1.25. The van der Waals surface area contributed by atoms with Crippen LogP contribution in [0.15, 0.2) is 24.3 Å². The maximum Gasteiger partial charge on any atom is 0.224 e. The van der Waals surface area contributed by atoms with Crippen LogP contribution in [0.25, 0.3) is 0 Å². The van der Waals surface area contributed by atoms with Crippen LogP contribution in [-0.4, -0.2) is 19.1 Å². The monoisotopic (exact) mass is 261 g/mol. The summed E-state index contributed by atoms with van der Waals surface area (Å²) in [5.74, 6) is 0.940. The zero-order chi connectivity index (χ0) is 14.1. The van der Waals surface area contributed by atoms with E-state index in [1.165, 1.54) is 0 Å². The number of hydrogen-bond donors (Lipinski definition) is 2. The number of ether oxygens (including phenoxy) is 1. The molecule has 1 aromatic carbocycles. The lowest BCUT2D eigenvalue weighted by Crippen LogP contribution is -2.16. The van der Waals surface area contributed by atoms with Crippen molar-refractivity contribution in [3.8, 4) is 11.8 Å². The Balaban J connectivity index is 2.40. The Morgan fingerprint density at radius 1 is 1.47 bits per heavy atom. The lowest BCUT2D eigenvalue weighted by Gasteiger charge is -2.09. The maximum atomic E-state index is 11.7. The Morgan fingerprint density at radius 3 is 2.74 bits per heavy atom. The van der Waals surface area contributed by atoms with E-state index in [-0.39, 0.29) is 12.5 Å². The predicted molar refractivity (Wildman–Crippen MR) is 73.6 cm³/mol. The molecule has 5 heteroatoms. The van der Waals surface area contributed by atoms with Gasteiger partial charge >= 0.3 is 0 Å². The van der Waals surface area contributed by atoms with Crippen LogP contribution >= 0.6 is 0 Å². The van der Waals surface area contributed by atoms with Gasteiger partial charge in [-0.05, 0) is 43.1 Å². The van der Waals surface area contributed by atoms with Gasteiger partial charge in [0.2, 0.25) is 5.91 Å². The zero-order valence-electron chi connectivity index (χ0n) is 11.1. The Bertz CT molecular complexity index is 437. The first kappa shape index (κ1) is 15.0. The topological polar surface area (TPSA) is 88.1 Å². The quantitative estimate of drug-likeness (QED) is 0.784. The van der Waals surface area contributed by atoms with Gasteiger partial charge in [-0.15, -0.1) is 0 Å². The Labute approximate surface area is 113 Å². The van der Waals surface area contributed by atoms with Crippen LogP contribution in [0.4, 0.5) is 5.69 Å². The summed E-state index contributed by atoms with van der Waals surface area (Å²) in [6.45, 7) is 2.63. The molecule has 1 amide bonds. The van der Waals surface area contributed by atoms with E-state index in [2.05, 4.69) is 5.32 Å². The summed E-state index contributed by atoms with van der Waals surface area (Å²) in [5.41, 5.74) is 6.22. The van der Waals surface area contributed by atoms with Gasteiger partial charge in [0, 0.05) is 12.1 Å². The summed E-state index contributed by atoms with van der Waals surface area (Å²) < 4.78 is 5.12. The van der Waals surface area contributed by atoms with Crippen molar-refractivity contribution in [3.63, 3.8) is 0 Å². The number of nitrogens with one attached hydrogen (secondary N) is 1. The number of nitriles is 1. The molecule has 0 radical (unpaired) electrons. The van der Waals surface area contributed by atoms with Crippen LogP contribution < -0.4 is 15.8 Å². The highest BCUT2D eigenvalue weighted by atomic mass is 16.5. The van der Waals surface area contributed by atoms with Gasteiger partial charge in [0.25, 0.3) is 0 Å². The molecule has 0 aliphatic rings. The maximum absolute atomic E-state index is 11.7. The number of hydrogen-bond acceptors (Lipinski definition) is 4. The first-order valence-corrected chi connectivity index (χ1v) is 6.25. The van der Waals surface area contributed by atoms with Gasteiger partial charge in [-0.1, -0.05) is 6.92 Å². The van der Waals surface area contributed by atoms with Crippen LogP contribution in [0.2, 0.25) is 0 Å². The molecule has 1 aromatic rings. The number of carbonyl (C=O) groups is 1. The molecule has 1 rings (SSSR count). The molecule has 0 aliphatic carbocycles. The molecule has 19 heavy (non-hydrogen) atoms. The molecule has 0 aliphatic heterocycles. The van der Waals surface area contributed by atoms with E-state index in [1.54, 1.807) is 24.3 Å². The molecule has 102 valence electrons. The highest BCUT2D eigenvalue weighted by Crippen LogP contribution is 2.16. The van der Waals surface area contributed by atoms with E-state index in [0.717, 1.165) is 12.1 Å². The van der Waals surface area contributed by atoms with Crippen molar-refractivity contribution in [2.45, 2.75) is 19.8 Å². The second-order valence-electron chi connectivity index (χ2n) is 4.40. The van der Waals surface area contributed by atoms with E-state index < -0.39 is 0 Å². The van der Waals surface area contributed by atoms with Crippen molar-refractivity contribution in [3.05, 3.63) is 24.3 Å². The summed E-state index contributed by atoms with van der Waals surface area (Å²) in [4.78, 5) is 11.7. The molecule has 0 aromatic heterocycles. The first-order chi connectivity index (χ1) is 9.15. The molecule has 0 saturated heterocycles. The molecule has 0 spiro atoms. The fourth-order valence-electron chi connectivity index (χ4n) is 1.47. The van der Waals surface area contributed by atoms with E-state index in [4.69, 9.17) is 15.7 Å². The number of nitrogens with two attached hydrogens (primary N) is 1. The largest absolute Gasteiger partial charge is 0.479 e. The average molecular weight is 261 g/mol. The molecule has 1 unspecified atom stereocenters. The van der Waals surface area contributed by atoms with Crippen molar-refractivity contribution in [2.24, 2.45) is 11.7 Å². The van der Waals surface area contributed by atoms with Crippen LogP contribution in [0.3, 0.4) is 0 Å². The Morgan fingerprint density at radius 2 is 2.16 bits per heavy atom. The number of amides is 1. The molecule has 3 N–H and O–H groups in total. The SMILES string of the molecule is CC(CN)CCC(=O)Nc1ccc(OCC#N)cc1. The van der Waals surface area contributed by atoms with Crippen molar-refractivity contribution in [2.75, 3.05) is 18.5 Å². The fraction of sp³-hybridized carbons (Fsp3) is 0.429. The molecule has 0 heterocycles. The van der Waals surface area contributed by atoms with Gasteiger partial charge < -0.3 is 15.8 Å². The average Bonchev–Trinajstić information content (AvgIpc) is 2.44. The predicted octanol–water partition coefficient (Wildman–Crippen LogP) is 1.90. The number of carbonyl (C=O) groups excluding carboxylic acids is 1.